The first-order chi connectivity index (χ1) is 12.4. The molecule has 140 valence electrons. The highest BCUT2D eigenvalue weighted by Gasteiger charge is 2.20. The zero-order chi connectivity index (χ0) is 19.3. The molecular weight excluding hydrogens is 344 g/mol. The number of nitrogens with zero attached hydrogens (tertiary/aromatic N) is 1. The van der Waals surface area contributed by atoms with Crippen LogP contribution < -0.4 is 9.80 Å². The number of halogens is 2. The Hall–Kier alpha value is -2.67. The maximum absolute atomic E-state index is 13.2. The molecule has 1 N–H and O–H groups in total. The van der Waals surface area contributed by atoms with E-state index in [4.69, 9.17) is 4.74 Å². The van der Waals surface area contributed by atoms with Crippen molar-refractivity contribution in [3.8, 4) is 5.75 Å². The molecule has 1 amide bonds. The van der Waals surface area contributed by atoms with Gasteiger partial charge in [-0.1, -0.05) is 30.7 Å². The van der Waals surface area contributed by atoms with Crippen molar-refractivity contribution in [2.45, 2.75) is 33.3 Å². The zero-order valence-electron chi connectivity index (χ0n) is 14.8. The van der Waals surface area contributed by atoms with E-state index in [1.807, 2.05) is 13.0 Å². The first-order valence-electron chi connectivity index (χ1n) is 8.08. The Bertz CT molecular complexity index is 780. The average molecular weight is 365 g/mol. The van der Waals surface area contributed by atoms with Crippen molar-refractivity contribution in [3.05, 3.63) is 58.7 Å². The van der Waals surface area contributed by atoms with Gasteiger partial charge < -0.3 is 9.47 Å². The number of hydrogen-bond acceptors (Lipinski definition) is 4. The molecule has 0 heterocycles. The molecule has 5 nitrogen and oxygen atoms in total. The van der Waals surface area contributed by atoms with Crippen LogP contribution in [0.15, 0.2) is 36.4 Å². The number of ether oxygens (including phenoxy) is 2. The second-order valence-corrected chi connectivity index (χ2v) is 5.68. The Morgan fingerprint density at radius 2 is 2.00 bits per heavy atom. The molecule has 0 aromatic heterocycles. The summed E-state index contributed by atoms with van der Waals surface area (Å²) in [6, 6.07) is 9.57. The Kier molecular flexibility index (Phi) is 6.52. The van der Waals surface area contributed by atoms with Crippen LogP contribution in [0.1, 0.15) is 35.6 Å². The highest BCUT2D eigenvalue weighted by atomic mass is 19.3. The fraction of sp³-hybridized carbons (Fsp3) is 0.316. The van der Waals surface area contributed by atoms with Gasteiger partial charge in [-0.25, -0.2) is 13.6 Å². The maximum Gasteiger partial charge on any atom is 0.438 e. The van der Waals surface area contributed by atoms with Crippen molar-refractivity contribution < 1.29 is 28.3 Å². The molecule has 0 radical (unpaired) electrons. The van der Waals surface area contributed by atoms with Gasteiger partial charge in [-0.05, 0) is 37.1 Å². The van der Waals surface area contributed by atoms with Gasteiger partial charge in [0, 0.05) is 5.56 Å². The van der Waals surface area contributed by atoms with Gasteiger partial charge >= 0.3 is 6.09 Å². The van der Waals surface area contributed by atoms with Crippen LogP contribution in [0.3, 0.4) is 0 Å². The average Bonchev–Trinajstić information content (AvgIpc) is 2.65. The molecule has 2 aromatic carbocycles. The number of rotatable bonds is 6. The number of carbonyl (C=O) groups excluding carboxylic acids is 1. The number of amides is 1. The minimum absolute atomic E-state index is 0.0602. The van der Waals surface area contributed by atoms with Gasteiger partial charge in [0.2, 0.25) is 0 Å². The van der Waals surface area contributed by atoms with Crippen molar-refractivity contribution in [1.82, 2.24) is 0 Å². The molecule has 0 aliphatic carbocycles. The van der Waals surface area contributed by atoms with Crippen LogP contribution >= 0.6 is 0 Å². The van der Waals surface area contributed by atoms with Crippen molar-refractivity contribution in [2.24, 2.45) is 0 Å². The van der Waals surface area contributed by atoms with E-state index < -0.39 is 12.5 Å². The molecule has 0 saturated heterocycles. The lowest BCUT2D eigenvalue weighted by molar-refractivity contribution is 0.140. The zero-order valence-corrected chi connectivity index (χ0v) is 14.8. The van der Waals surface area contributed by atoms with Gasteiger partial charge in [-0.3, -0.25) is 5.21 Å². The van der Waals surface area contributed by atoms with Gasteiger partial charge in [0.1, 0.15) is 12.4 Å². The molecule has 0 aliphatic heterocycles. The van der Waals surface area contributed by atoms with Crippen LogP contribution in [0, 0.1) is 6.92 Å². The molecule has 26 heavy (non-hydrogen) atoms. The summed E-state index contributed by atoms with van der Waals surface area (Å²) >= 11 is 0. The van der Waals surface area contributed by atoms with E-state index in [0.29, 0.717) is 22.6 Å². The van der Waals surface area contributed by atoms with E-state index in [9.17, 15) is 18.8 Å². The monoisotopic (exact) mass is 365 g/mol. The molecule has 2 rings (SSSR count). The van der Waals surface area contributed by atoms with Crippen LogP contribution in [0.25, 0.3) is 0 Å². The summed E-state index contributed by atoms with van der Waals surface area (Å²) in [7, 11) is 1.15. The number of carbonyl (C=O) groups is 1. The van der Waals surface area contributed by atoms with Crippen LogP contribution in [-0.4, -0.2) is 18.4 Å². The van der Waals surface area contributed by atoms with E-state index in [-0.39, 0.29) is 23.6 Å². The quantitative estimate of drug-likeness (QED) is 0.576. The topological polar surface area (TPSA) is 59.0 Å². The fourth-order valence-electron chi connectivity index (χ4n) is 2.62. The van der Waals surface area contributed by atoms with E-state index >= 15 is 0 Å². The summed E-state index contributed by atoms with van der Waals surface area (Å²) in [6.45, 7) is 3.54. The number of hydrogen-bond donors (Lipinski definition) is 1. The van der Waals surface area contributed by atoms with Gasteiger partial charge in [0.05, 0.1) is 18.4 Å². The number of benzene rings is 2. The summed E-state index contributed by atoms with van der Waals surface area (Å²) in [5.74, 6) is 0.0602. The Morgan fingerprint density at radius 1 is 1.27 bits per heavy atom. The lowest BCUT2D eigenvalue weighted by Gasteiger charge is -2.20. The molecule has 7 heteroatoms. The number of anilines is 1. The van der Waals surface area contributed by atoms with Gasteiger partial charge in [0.25, 0.3) is 6.43 Å². The van der Waals surface area contributed by atoms with Crippen LogP contribution in [0.4, 0.5) is 19.3 Å². The molecule has 2 aromatic rings. The van der Waals surface area contributed by atoms with Crippen molar-refractivity contribution in [1.29, 1.82) is 0 Å². The van der Waals surface area contributed by atoms with Crippen LogP contribution in [0.5, 0.6) is 5.75 Å². The van der Waals surface area contributed by atoms with Gasteiger partial charge in [0.15, 0.2) is 0 Å². The molecule has 0 aliphatic rings. The minimum Gasteiger partial charge on any atom is -0.488 e. The summed E-state index contributed by atoms with van der Waals surface area (Å²) in [6.07, 6.45) is -3.02. The predicted octanol–water partition coefficient (Wildman–Crippen LogP) is 5.04. The van der Waals surface area contributed by atoms with E-state index in [0.717, 1.165) is 12.7 Å². The SMILES string of the molecule is CCc1cccc(N(O)C(=O)OC)c1COc1ccc(C)cc1C(F)F. The Balaban J connectivity index is 2.36. The first-order valence-corrected chi connectivity index (χ1v) is 8.08. The largest absolute Gasteiger partial charge is 0.488 e. The Morgan fingerprint density at radius 3 is 2.62 bits per heavy atom. The second-order valence-electron chi connectivity index (χ2n) is 5.68. The minimum atomic E-state index is -2.67. The molecule has 0 unspecified atom stereocenters. The molecule has 0 bridgehead atoms. The van der Waals surface area contributed by atoms with E-state index in [2.05, 4.69) is 4.74 Å². The smallest absolute Gasteiger partial charge is 0.438 e. The third-order valence-electron chi connectivity index (χ3n) is 3.98. The number of aryl methyl sites for hydroxylation is 2. The highest BCUT2D eigenvalue weighted by molar-refractivity contribution is 5.86. The maximum atomic E-state index is 13.2. The summed E-state index contributed by atoms with van der Waals surface area (Å²) in [5.41, 5.74) is 2.02. The summed E-state index contributed by atoms with van der Waals surface area (Å²) in [4.78, 5) is 11.6. The van der Waals surface area contributed by atoms with Crippen LogP contribution in [0.2, 0.25) is 0 Å². The second kappa shape index (κ2) is 8.62. The van der Waals surface area contributed by atoms with Crippen molar-refractivity contribution in [3.63, 3.8) is 0 Å². The van der Waals surface area contributed by atoms with Gasteiger partial charge in [-0.15, -0.1) is 0 Å². The third kappa shape index (κ3) is 4.29. The predicted molar refractivity (Wildman–Crippen MR) is 93.0 cm³/mol. The first kappa shape index (κ1) is 19.7. The molecule has 0 saturated carbocycles. The van der Waals surface area contributed by atoms with E-state index in [1.165, 1.54) is 18.2 Å². The number of methoxy groups -OCH3 is 1. The fourth-order valence-corrected chi connectivity index (χ4v) is 2.62. The lowest BCUT2D eigenvalue weighted by Crippen LogP contribution is -2.28. The molecule has 0 atom stereocenters. The highest BCUT2D eigenvalue weighted by Crippen LogP contribution is 2.32. The normalized spacial score (nSPS) is 10.7. The standard InChI is InChI=1S/C19H21F2NO4/c1-4-13-6-5-7-16(22(24)19(23)25-3)15(13)11-26-17-9-8-12(2)10-14(17)18(20)21/h5-10,18,24H,4,11H2,1-3H3. The molecule has 0 fully saturated rings. The van der Waals surface area contributed by atoms with Crippen molar-refractivity contribution in [2.75, 3.05) is 12.2 Å². The third-order valence-corrected chi connectivity index (χ3v) is 3.98. The summed E-state index contributed by atoms with van der Waals surface area (Å²) < 4.78 is 36.6. The lowest BCUT2D eigenvalue weighted by atomic mass is 10.0. The van der Waals surface area contributed by atoms with Crippen molar-refractivity contribution >= 4 is 11.8 Å². The van der Waals surface area contributed by atoms with Crippen LogP contribution in [-0.2, 0) is 17.8 Å². The number of hydroxylamine groups is 1. The Labute approximate surface area is 150 Å². The molecular formula is C19H21F2NO4. The van der Waals surface area contributed by atoms with Gasteiger partial charge in [-0.2, -0.15) is 5.06 Å². The van der Waals surface area contributed by atoms with E-state index in [1.54, 1.807) is 19.1 Å². The summed E-state index contributed by atoms with van der Waals surface area (Å²) in [5, 5.41) is 10.4. The number of alkyl halides is 2. The molecule has 0 spiro atoms.